The van der Waals surface area contributed by atoms with Gasteiger partial charge in [0.15, 0.2) is 0 Å². The Kier molecular flexibility index (Phi) is 6.18. The quantitative estimate of drug-likeness (QED) is 0.685. The van der Waals surface area contributed by atoms with Crippen LogP contribution < -0.4 is 5.32 Å². The molecule has 0 saturated carbocycles. The van der Waals surface area contributed by atoms with Gasteiger partial charge in [0, 0.05) is 25.5 Å². The van der Waals surface area contributed by atoms with Crippen LogP contribution in [0.3, 0.4) is 0 Å². The number of hydrogen-bond acceptors (Lipinski definition) is 3. The van der Waals surface area contributed by atoms with E-state index in [1.807, 2.05) is 0 Å². The maximum atomic E-state index is 11.5. The van der Waals surface area contributed by atoms with Gasteiger partial charge in [0.25, 0.3) is 5.91 Å². The Morgan fingerprint density at radius 1 is 1.31 bits per heavy atom. The minimum atomic E-state index is -0.0738. The number of aromatic nitrogens is 1. The summed E-state index contributed by atoms with van der Waals surface area (Å²) in [7, 11) is 0. The highest BCUT2D eigenvalue weighted by atomic mass is 16.2. The molecule has 16 heavy (non-hydrogen) atoms. The van der Waals surface area contributed by atoms with Gasteiger partial charge in [0.2, 0.25) is 0 Å². The zero-order valence-corrected chi connectivity index (χ0v) is 9.35. The molecule has 1 rings (SSSR count). The van der Waals surface area contributed by atoms with Crippen LogP contribution in [-0.4, -0.2) is 29.1 Å². The lowest BCUT2D eigenvalue weighted by Gasteiger charge is -2.04. The summed E-state index contributed by atoms with van der Waals surface area (Å²) in [5.41, 5.74) is 0.595. The van der Waals surface area contributed by atoms with Gasteiger partial charge in [0.05, 0.1) is 5.56 Å². The summed E-state index contributed by atoms with van der Waals surface area (Å²) >= 11 is 0. The molecule has 4 heteroatoms. The standard InChI is InChI=1S/C12H18N2O2/c15-9-4-2-1-3-8-14-12(16)11-6-5-7-13-10-11/h5-7,10,15H,1-4,8-9H2,(H,14,16). The Hall–Kier alpha value is -1.42. The summed E-state index contributed by atoms with van der Waals surface area (Å²) in [6.07, 6.45) is 7.04. The van der Waals surface area contributed by atoms with E-state index in [-0.39, 0.29) is 12.5 Å². The SMILES string of the molecule is O=C(NCCCCCCO)c1cccnc1. The molecule has 88 valence electrons. The summed E-state index contributed by atoms with van der Waals surface area (Å²) in [6, 6.07) is 3.49. The number of carbonyl (C=O) groups excluding carboxylic acids is 1. The molecule has 0 atom stereocenters. The first-order valence-corrected chi connectivity index (χ1v) is 5.63. The van der Waals surface area contributed by atoms with Crippen LogP contribution in [0.1, 0.15) is 36.0 Å². The predicted octanol–water partition coefficient (Wildman–Crippen LogP) is 1.36. The van der Waals surface area contributed by atoms with Gasteiger partial charge in [-0.1, -0.05) is 12.8 Å². The van der Waals surface area contributed by atoms with E-state index in [1.54, 1.807) is 24.5 Å². The lowest BCUT2D eigenvalue weighted by molar-refractivity contribution is 0.0952. The van der Waals surface area contributed by atoms with Gasteiger partial charge < -0.3 is 10.4 Å². The molecule has 4 nitrogen and oxygen atoms in total. The molecule has 0 unspecified atom stereocenters. The fourth-order valence-electron chi connectivity index (χ4n) is 1.39. The molecule has 1 heterocycles. The van der Waals surface area contributed by atoms with Crippen LogP contribution in [0.15, 0.2) is 24.5 Å². The Labute approximate surface area is 95.7 Å². The molecule has 0 bridgehead atoms. The fourth-order valence-corrected chi connectivity index (χ4v) is 1.39. The minimum Gasteiger partial charge on any atom is -0.396 e. The van der Waals surface area contributed by atoms with Crippen molar-refractivity contribution in [1.29, 1.82) is 0 Å². The van der Waals surface area contributed by atoms with Gasteiger partial charge in [-0.3, -0.25) is 9.78 Å². The number of amides is 1. The molecule has 1 amide bonds. The first-order valence-electron chi connectivity index (χ1n) is 5.63. The molecular weight excluding hydrogens is 204 g/mol. The highest BCUT2D eigenvalue weighted by Crippen LogP contribution is 1.99. The average Bonchev–Trinajstić information content (AvgIpc) is 2.34. The number of carbonyl (C=O) groups is 1. The van der Waals surface area contributed by atoms with E-state index in [0.29, 0.717) is 12.1 Å². The van der Waals surface area contributed by atoms with E-state index in [4.69, 9.17) is 5.11 Å². The van der Waals surface area contributed by atoms with Crippen molar-refractivity contribution >= 4 is 5.91 Å². The van der Waals surface area contributed by atoms with Crippen LogP contribution in [0.5, 0.6) is 0 Å². The van der Waals surface area contributed by atoms with Crippen LogP contribution >= 0.6 is 0 Å². The third-order valence-corrected chi connectivity index (χ3v) is 2.29. The predicted molar refractivity (Wildman–Crippen MR) is 62.1 cm³/mol. The summed E-state index contributed by atoms with van der Waals surface area (Å²) in [6.45, 7) is 0.932. The van der Waals surface area contributed by atoms with E-state index in [1.165, 1.54) is 0 Å². The Morgan fingerprint density at radius 3 is 2.81 bits per heavy atom. The average molecular weight is 222 g/mol. The van der Waals surface area contributed by atoms with Gasteiger partial charge in [-0.25, -0.2) is 0 Å². The number of nitrogens with zero attached hydrogens (tertiary/aromatic N) is 1. The smallest absolute Gasteiger partial charge is 0.252 e. The van der Waals surface area contributed by atoms with E-state index >= 15 is 0 Å². The summed E-state index contributed by atoms with van der Waals surface area (Å²) in [4.78, 5) is 15.4. The molecule has 0 fully saturated rings. The number of aliphatic hydroxyl groups is 1. The summed E-state index contributed by atoms with van der Waals surface area (Å²) in [5, 5.41) is 11.4. The molecule has 0 aliphatic carbocycles. The second kappa shape index (κ2) is 7.82. The van der Waals surface area contributed by atoms with Gasteiger partial charge in [-0.2, -0.15) is 0 Å². The minimum absolute atomic E-state index is 0.0738. The zero-order valence-electron chi connectivity index (χ0n) is 9.35. The number of unbranched alkanes of at least 4 members (excludes halogenated alkanes) is 3. The maximum Gasteiger partial charge on any atom is 0.252 e. The van der Waals surface area contributed by atoms with Crippen LogP contribution in [0.4, 0.5) is 0 Å². The highest BCUT2D eigenvalue weighted by Gasteiger charge is 2.02. The fraction of sp³-hybridized carbons (Fsp3) is 0.500. The van der Waals surface area contributed by atoms with E-state index in [9.17, 15) is 4.79 Å². The third-order valence-electron chi connectivity index (χ3n) is 2.29. The lowest BCUT2D eigenvalue weighted by atomic mass is 10.2. The van der Waals surface area contributed by atoms with Crippen molar-refractivity contribution in [3.63, 3.8) is 0 Å². The molecule has 0 aliphatic heterocycles. The number of aliphatic hydroxyl groups excluding tert-OH is 1. The zero-order chi connectivity index (χ0) is 11.6. The van der Waals surface area contributed by atoms with Crippen molar-refractivity contribution in [2.75, 3.05) is 13.2 Å². The van der Waals surface area contributed by atoms with Crippen molar-refractivity contribution in [1.82, 2.24) is 10.3 Å². The molecule has 0 radical (unpaired) electrons. The van der Waals surface area contributed by atoms with Crippen LogP contribution in [0.25, 0.3) is 0 Å². The van der Waals surface area contributed by atoms with E-state index in [0.717, 1.165) is 25.7 Å². The van der Waals surface area contributed by atoms with Gasteiger partial charge >= 0.3 is 0 Å². The lowest BCUT2D eigenvalue weighted by Crippen LogP contribution is -2.24. The first kappa shape index (κ1) is 12.6. The van der Waals surface area contributed by atoms with Crippen LogP contribution in [0.2, 0.25) is 0 Å². The number of nitrogens with one attached hydrogen (secondary N) is 1. The van der Waals surface area contributed by atoms with E-state index < -0.39 is 0 Å². The second-order valence-corrected chi connectivity index (χ2v) is 3.64. The van der Waals surface area contributed by atoms with Crippen molar-refractivity contribution < 1.29 is 9.90 Å². The molecule has 1 aromatic rings. The number of hydrogen-bond donors (Lipinski definition) is 2. The Bertz CT molecular complexity index is 301. The molecule has 0 spiro atoms. The second-order valence-electron chi connectivity index (χ2n) is 3.64. The molecule has 0 aliphatic rings. The van der Waals surface area contributed by atoms with Crippen LogP contribution in [0, 0.1) is 0 Å². The van der Waals surface area contributed by atoms with Crippen molar-refractivity contribution in [3.05, 3.63) is 30.1 Å². The molecule has 0 saturated heterocycles. The topological polar surface area (TPSA) is 62.2 Å². The van der Waals surface area contributed by atoms with Crippen molar-refractivity contribution in [2.24, 2.45) is 0 Å². The molecule has 2 N–H and O–H groups in total. The summed E-state index contributed by atoms with van der Waals surface area (Å²) in [5.74, 6) is -0.0738. The van der Waals surface area contributed by atoms with Crippen molar-refractivity contribution in [3.8, 4) is 0 Å². The third kappa shape index (κ3) is 4.89. The molecule has 0 aromatic carbocycles. The van der Waals surface area contributed by atoms with Crippen LogP contribution in [-0.2, 0) is 0 Å². The van der Waals surface area contributed by atoms with Gasteiger partial charge in [-0.05, 0) is 25.0 Å². The van der Waals surface area contributed by atoms with E-state index in [2.05, 4.69) is 10.3 Å². The largest absolute Gasteiger partial charge is 0.396 e. The van der Waals surface area contributed by atoms with Gasteiger partial charge in [0.1, 0.15) is 0 Å². The number of rotatable bonds is 7. The first-order chi connectivity index (χ1) is 7.84. The maximum absolute atomic E-state index is 11.5. The normalized spacial score (nSPS) is 10.1. The molecule has 1 aromatic heterocycles. The molecular formula is C12H18N2O2. The highest BCUT2D eigenvalue weighted by molar-refractivity contribution is 5.93. The monoisotopic (exact) mass is 222 g/mol. The van der Waals surface area contributed by atoms with Gasteiger partial charge in [-0.15, -0.1) is 0 Å². The Balaban J connectivity index is 2.12. The summed E-state index contributed by atoms with van der Waals surface area (Å²) < 4.78 is 0. The number of pyridine rings is 1. The Morgan fingerprint density at radius 2 is 2.12 bits per heavy atom. The van der Waals surface area contributed by atoms with Crippen molar-refractivity contribution in [2.45, 2.75) is 25.7 Å².